The van der Waals surface area contributed by atoms with Crippen LogP contribution < -0.4 is 0 Å². The first-order valence-corrected chi connectivity index (χ1v) is 6.47. The molecule has 4 nitrogen and oxygen atoms in total. The SMILES string of the molecule is C=C(CC=C(C)C(=O)O)C(=O)OCC=Cc1ccccc1. The molecule has 110 valence electrons. The second kappa shape index (κ2) is 8.53. The third kappa shape index (κ3) is 6.38. The van der Waals surface area contributed by atoms with Gasteiger partial charge < -0.3 is 9.84 Å². The number of hydrogen-bond donors (Lipinski definition) is 1. The third-order valence-electron chi connectivity index (χ3n) is 2.70. The van der Waals surface area contributed by atoms with E-state index in [2.05, 4.69) is 6.58 Å². The van der Waals surface area contributed by atoms with Gasteiger partial charge in [-0.2, -0.15) is 0 Å². The fourth-order valence-corrected chi connectivity index (χ4v) is 1.42. The topological polar surface area (TPSA) is 63.6 Å². The highest BCUT2D eigenvalue weighted by atomic mass is 16.5. The molecule has 21 heavy (non-hydrogen) atoms. The van der Waals surface area contributed by atoms with Gasteiger partial charge in [0.2, 0.25) is 0 Å². The number of carboxylic acids is 1. The number of carbonyl (C=O) groups excluding carboxylic acids is 1. The molecule has 0 saturated heterocycles. The Morgan fingerprint density at radius 3 is 2.57 bits per heavy atom. The van der Waals surface area contributed by atoms with Crippen LogP contribution in [0.3, 0.4) is 0 Å². The Balaban J connectivity index is 2.37. The van der Waals surface area contributed by atoms with Gasteiger partial charge in [0.15, 0.2) is 0 Å². The summed E-state index contributed by atoms with van der Waals surface area (Å²) in [6, 6.07) is 9.65. The zero-order valence-corrected chi connectivity index (χ0v) is 11.9. The minimum absolute atomic E-state index is 0.147. The van der Waals surface area contributed by atoms with E-state index in [4.69, 9.17) is 9.84 Å². The molecule has 0 fully saturated rings. The molecular weight excluding hydrogens is 268 g/mol. The predicted molar refractivity (Wildman–Crippen MR) is 81.6 cm³/mol. The van der Waals surface area contributed by atoms with E-state index in [1.807, 2.05) is 36.4 Å². The van der Waals surface area contributed by atoms with Crippen LogP contribution in [-0.4, -0.2) is 23.7 Å². The second-order valence-electron chi connectivity index (χ2n) is 4.41. The first-order chi connectivity index (χ1) is 10.0. The van der Waals surface area contributed by atoms with Crippen molar-refractivity contribution in [2.45, 2.75) is 13.3 Å². The summed E-state index contributed by atoms with van der Waals surface area (Å²) in [5.74, 6) is -1.54. The van der Waals surface area contributed by atoms with E-state index in [-0.39, 0.29) is 24.2 Å². The molecule has 0 aliphatic heterocycles. The van der Waals surface area contributed by atoms with Crippen LogP contribution in [-0.2, 0) is 14.3 Å². The molecule has 1 rings (SSSR count). The van der Waals surface area contributed by atoms with E-state index in [1.165, 1.54) is 13.0 Å². The molecule has 0 atom stereocenters. The van der Waals surface area contributed by atoms with Gasteiger partial charge in [-0.15, -0.1) is 0 Å². The Morgan fingerprint density at radius 2 is 1.95 bits per heavy atom. The minimum Gasteiger partial charge on any atom is -0.478 e. The number of benzene rings is 1. The van der Waals surface area contributed by atoms with Crippen LogP contribution >= 0.6 is 0 Å². The van der Waals surface area contributed by atoms with Gasteiger partial charge in [-0.1, -0.05) is 49.1 Å². The number of carboxylic acid groups (broad SMARTS) is 1. The third-order valence-corrected chi connectivity index (χ3v) is 2.70. The molecule has 0 aromatic heterocycles. The van der Waals surface area contributed by atoms with Gasteiger partial charge >= 0.3 is 11.9 Å². The van der Waals surface area contributed by atoms with Crippen molar-refractivity contribution < 1.29 is 19.4 Å². The van der Waals surface area contributed by atoms with Crippen LogP contribution in [0.1, 0.15) is 18.9 Å². The molecule has 0 bridgehead atoms. The molecule has 1 N–H and O–H groups in total. The molecular formula is C17H18O4. The van der Waals surface area contributed by atoms with Crippen molar-refractivity contribution >= 4 is 18.0 Å². The zero-order chi connectivity index (χ0) is 15.7. The average molecular weight is 286 g/mol. The Hall–Kier alpha value is -2.62. The molecule has 0 radical (unpaired) electrons. The number of allylic oxidation sites excluding steroid dienone is 1. The zero-order valence-electron chi connectivity index (χ0n) is 11.9. The molecule has 0 unspecified atom stereocenters. The van der Waals surface area contributed by atoms with Crippen LogP contribution in [0, 0.1) is 0 Å². The Kier molecular flexibility index (Phi) is 6.68. The minimum atomic E-state index is -1.01. The number of carbonyl (C=O) groups is 2. The quantitative estimate of drug-likeness (QED) is 0.617. The summed E-state index contributed by atoms with van der Waals surface area (Å²) < 4.78 is 5.02. The van der Waals surface area contributed by atoms with E-state index >= 15 is 0 Å². The molecule has 0 heterocycles. The largest absolute Gasteiger partial charge is 0.478 e. The number of esters is 1. The van der Waals surface area contributed by atoms with Gasteiger partial charge in [0.1, 0.15) is 6.61 Å². The fraction of sp³-hybridized carbons (Fsp3) is 0.176. The van der Waals surface area contributed by atoms with Crippen LogP contribution in [0.15, 0.2) is 60.2 Å². The van der Waals surface area contributed by atoms with Gasteiger partial charge in [0, 0.05) is 11.1 Å². The molecule has 0 spiro atoms. The maximum absolute atomic E-state index is 11.6. The molecule has 0 aliphatic rings. The van der Waals surface area contributed by atoms with Gasteiger partial charge in [0.25, 0.3) is 0 Å². The van der Waals surface area contributed by atoms with Crippen LogP contribution in [0.4, 0.5) is 0 Å². The molecule has 1 aromatic carbocycles. The first kappa shape index (κ1) is 16.4. The maximum atomic E-state index is 11.6. The number of aliphatic carboxylic acids is 1. The number of ether oxygens (including phenoxy) is 1. The highest BCUT2D eigenvalue weighted by molar-refractivity contribution is 5.89. The summed E-state index contributed by atoms with van der Waals surface area (Å²) in [4.78, 5) is 22.2. The summed E-state index contributed by atoms with van der Waals surface area (Å²) in [5.41, 5.74) is 1.42. The highest BCUT2D eigenvalue weighted by Gasteiger charge is 2.07. The van der Waals surface area contributed by atoms with Gasteiger partial charge in [-0.3, -0.25) is 0 Å². The highest BCUT2D eigenvalue weighted by Crippen LogP contribution is 2.06. The van der Waals surface area contributed by atoms with E-state index in [1.54, 1.807) is 6.08 Å². The lowest BCUT2D eigenvalue weighted by Gasteiger charge is -2.03. The van der Waals surface area contributed by atoms with Crippen molar-refractivity contribution in [1.29, 1.82) is 0 Å². The van der Waals surface area contributed by atoms with Crippen molar-refractivity contribution in [3.8, 4) is 0 Å². The molecule has 0 saturated carbocycles. The smallest absolute Gasteiger partial charge is 0.334 e. The van der Waals surface area contributed by atoms with Crippen LogP contribution in [0.25, 0.3) is 6.08 Å². The normalized spacial score (nSPS) is 11.4. The van der Waals surface area contributed by atoms with E-state index < -0.39 is 11.9 Å². The lowest BCUT2D eigenvalue weighted by Crippen LogP contribution is -2.07. The molecule has 1 aromatic rings. The van der Waals surface area contributed by atoms with Crippen molar-refractivity contribution in [2.24, 2.45) is 0 Å². The van der Waals surface area contributed by atoms with E-state index in [0.29, 0.717) is 0 Å². The lowest BCUT2D eigenvalue weighted by atomic mass is 10.1. The molecule has 0 amide bonds. The summed E-state index contributed by atoms with van der Waals surface area (Å²) in [6.07, 6.45) is 5.19. The standard InChI is InChI=1S/C17H18O4/c1-13(16(18)19)10-11-14(2)17(20)21-12-6-9-15-7-4-3-5-8-15/h3-10H,2,11-12H2,1H3,(H,18,19). The van der Waals surface area contributed by atoms with E-state index in [9.17, 15) is 9.59 Å². The maximum Gasteiger partial charge on any atom is 0.334 e. The van der Waals surface area contributed by atoms with Gasteiger partial charge in [0.05, 0.1) is 0 Å². The summed E-state index contributed by atoms with van der Waals surface area (Å²) in [7, 11) is 0. The van der Waals surface area contributed by atoms with Crippen molar-refractivity contribution in [1.82, 2.24) is 0 Å². The van der Waals surface area contributed by atoms with E-state index in [0.717, 1.165) is 5.56 Å². The van der Waals surface area contributed by atoms with Gasteiger partial charge in [-0.25, -0.2) is 9.59 Å². The Labute approximate surface area is 124 Å². The van der Waals surface area contributed by atoms with Crippen molar-refractivity contribution in [3.05, 3.63) is 65.8 Å². The van der Waals surface area contributed by atoms with Crippen LogP contribution in [0.5, 0.6) is 0 Å². The second-order valence-corrected chi connectivity index (χ2v) is 4.41. The predicted octanol–water partition coefficient (Wildman–Crippen LogP) is 3.22. The molecule has 0 aliphatic carbocycles. The Morgan fingerprint density at radius 1 is 1.29 bits per heavy atom. The first-order valence-electron chi connectivity index (χ1n) is 6.47. The number of rotatable bonds is 7. The van der Waals surface area contributed by atoms with Crippen LogP contribution in [0.2, 0.25) is 0 Å². The monoisotopic (exact) mass is 286 g/mol. The Bertz CT molecular complexity index is 568. The number of hydrogen-bond acceptors (Lipinski definition) is 3. The summed E-state index contributed by atoms with van der Waals surface area (Å²) in [6.45, 7) is 5.20. The van der Waals surface area contributed by atoms with Gasteiger partial charge in [-0.05, 0) is 25.0 Å². The average Bonchev–Trinajstić information content (AvgIpc) is 2.49. The summed E-state index contributed by atoms with van der Waals surface area (Å²) >= 11 is 0. The summed E-state index contributed by atoms with van der Waals surface area (Å²) in [5, 5.41) is 8.69. The van der Waals surface area contributed by atoms with Crippen molar-refractivity contribution in [3.63, 3.8) is 0 Å². The van der Waals surface area contributed by atoms with Crippen molar-refractivity contribution in [2.75, 3.05) is 6.61 Å². The molecule has 4 heteroatoms. The lowest BCUT2D eigenvalue weighted by molar-refractivity contribution is -0.138. The fourth-order valence-electron chi connectivity index (χ4n) is 1.42.